The van der Waals surface area contributed by atoms with Gasteiger partial charge in [0.1, 0.15) is 16.8 Å². The van der Waals surface area contributed by atoms with E-state index < -0.39 is 6.04 Å². The van der Waals surface area contributed by atoms with Crippen LogP contribution >= 0.6 is 11.5 Å². The third kappa shape index (κ3) is 4.40. The Morgan fingerprint density at radius 3 is 2.63 bits per heavy atom. The molecule has 2 heterocycles. The standard InChI is InChI=1S/C19H20N4O3S/c1-4-26-15-7-5-14(6-8-15)16-9-10-18(24)23(21-16)13(3)19(25)20-17-11-12(2)22-27-17/h5-11,13H,4H2,1-3H3,(H,20,25). The number of ether oxygens (including phenoxy) is 1. The molecule has 0 fully saturated rings. The van der Waals surface area contributed by atoms with Gasteiger partial charge in [-0.3, -0.25) is 9.59 Å². The van der Waals surface area contributed by atoms with E-state index in [2.05, 4.69) is 14.8 Å². The zero-order chi connectivity index (χ0) is 19.4. The van der Waals surface area contributed by atoms with Gasteiger partial charge in [-0.15, -0.1) is 0 Å². The van der Waals surface area contributed by atoms with Crippen molar-refractivity contribution in [3.8, 4) is 17.0 Å². The van der Waals surface area contributed by atoms with Gasteiger partial charge < -0.3 is 10.1 Å². The van der Waals surface area contributed by atoms with Gasteiger partial charge in [-0.05, 0) is 68.7 Å². The minimum Gasteiger partial charge on any atom is -0.494 e. The zero-order valence-electron chi connectivity index (χ0n) is 15.3. The van der Waals surface area contributed by atoms with Crippen LogP contribution in [0.25, 0.3) is 11.3 Å². The molecular weight excluding hydrogens is 364 g/mol. The van der Waals surface area contributed by atoms with E-state index in [-0.39, 0.29) is 11.5 Å². The Kier molecular flexibility index (Phi) is 5.66. The van der Waals surface area contributed by atoms with Gasteiger partial charge >= 0.3 is 0 Å². The molecule has 27 heavy (non-hydrogen) atoms. The Labute approximate surface area is 160 Å². The maximum Gasteiger partial charge on any atom is 0.267 e. The highest BCUT2D eigenvalue weighted by molar-refractivity contribution is 7.10. The summed E-state index contributed by atoms with van der Waals surface area (Å²) in [6, 6.07) is 11.5. The van der Waals surface area contributed by atoms with E-state index in [0.717, 1.165) is 17.0 Å². The number of aryl methyl sites for hydroxylation is 1. The number of anilines is 1. The van der Waals surface area contributed by atoms with Crippen molar-refractivity contribution in [3.63, 3.8) is 0 Å². The number of rotatable bonds is 6. The van der Waals surface area contributed by atoms with Crippen molar-refractivity contribution in [3.05, 3.63) is 58.5 Å². The van der Waals surface area contributed by atoms with E-state index in [0.29, 0.717) is 17.3 Å². The number of nitrogens with zero attached hydrogens (tertiary/aromatic N) is 3. The molecule has 0 bridgehead atoms. The summed E-state index contributed by atoms with van der Waals surface area (Å²) in [6.45, 7) is 6.00. The third-order valence-electron chi connectivity index (χ3n) is 3.91. The van der Waals surface area contributed by atoms with Crippen LogP contribution < -0.4 is 15.6 Å². The van der Waals surface area contributed by atoms with Crippen molar-refractivity contribution in [2.75, 3.05) is 11.9 Å². The Morgan fingerprint density at radius 2 is 2.00 bits per heavy atom. The summed E-state index contributed by atoms with van der Waals surface area (Å²) in [4.78, 5) is 24.7. The Morgan fingerprint density at radius 1 is 1.26 bits per heavy atom. The minimum atomic E-state index is -0.762. The van der Waals surface area contributed by atoms with Gasteiger partial charge in [0.15, 0.2) is 0 Å². The van der Waals surface area contributed by atoms with Crippen molar-refractivity contribution >= 4 is 22.4 Å². The predicted octanol–water partition coefficient (Wildman–Crippen LogP) is 3.27. The number of hydrogen-bond donors (Lipinski definition) is 1. The molecule has 1 amide bonds. The summed E-state index contributed by atoms with van der Waals surface area (Å²) >= 11 is 1.20. The third-order valence-corrected chi connectivity index (χ3v) is 4.70. The van der Waals surface area contributed by atoms with Crippen molar-refractivity contribution in [2.45, 2.75) is 26.8 Å². The molecule has 0 saturated carbocycles. The fourth-order valence-corrected chi connectivity index (χ4v) is 3.17. The van der Waals surface area contributed by atoms with E-state index in [1.54, 1.807) is 19.1 Å². The predicted molar refractivity (Wildman–Crippen MR) is 105 cm³/mol. The van der Waals surface area contributed by atoms with Crippen molar-refractivity contribution in [1.82, 2.24) is 14.2 Å². The first kappa shape index (κ1) is 18.8. The Hall–Kier alpha value is -3.00. The van der Waals surface area contributed by atoms with Crippen LogP contribution in [0.15, 0.2) is 47.3 Å². The number of aromatic nitrogens is 3. The van der Waals surface area contributed by atoms with Crippen LogP contribution in [0.5, 0.6) is 5.75 Å². The average Bonchev–Trinajstić information content (AvgIpc) is 3.07. The van der Waals surface area contributed by atoms with Crippen LogP contribution in [0.1, 0.15) is 25.6 Å². The first-order valence-corrected chi connectivity index (χ1v) is 9.32. The highest BCUT2D eigenvalue weighted by Gasteiger charge is 2.19. The molecule has 0 aliphatic rings. The summed E-state index contributed by atoms with van der Waals surface area (Å²) in [6.07, 6.45) is 0. The molecule has 1 unspecified atom stereocenters. The molecule has 1 N–H and O–H groups in total. The van der Waals surface area contributed by atoms with E-state index in [1.165, 1.54) is 22.3 Å². The lowest BCUT2D eigenvalue weighted by molar-refractivity contribution is -0.119. The highest BCUT2D eigenvalue weighted by Crippen LogP contribution is 2.21. The molecule has 7 nitrogen and oxygen atoms in total. The molecule has 2 aromatic heterocycles. The summed E-state index contributed by atoms with van der Waals surface area (Å²) in [5.41, 5.74) is 1.92. The second-order valence-corrected chi connectivity index (χ2v) is 6.76. The average molecular weight is 384 g/mol. The normalized spacial score (nSPS) is 11.8. The molecule has 0 radical (unpaired) electrons. The topological polar surface area (TPSA) is 86.1 Å². The van der Waals surface area contributed by atoms with E-state index in [4.69, 9.17) is 4.74 Å². The monoisotopic (exact) mass is 384 g/mol. The van der Waals surface area contributed by atoms with Gasteiger partial charge in [0, 0.05) is 11.6 Å². The van der Waals surface area contributed by atoms with Crippen molar-refractivity contribution < 1.29 is 9.53 Å². The van der Waals surface area contributed by atoms with E-state index in [1.807, 2.05) is 38.1 Å². The Balaban J connectivity index is 1.83. The van der Waals surface area contributed by atoms with Crippen LogP contribution in [0.3, 0.4) is 0 Å². The molecule has 3 rings (SSSR count). The number of benzene rings is 1. The number of amides is 1. The molecule has 1 aromatic carbocycles. The van der Waals surface area contributed by atoms with Crippen LogP contribution in [-0.2, 0) is 4.79 Å². The molecule has 0 spiro atoms. The van der Waals surface area contributed by atoms with Crippen LogP contribution in [0.2, 0.25) is 0 Å². The van der Waals surface area contributed by atoms with Crippen LogP contribution in [-0.4, -0.2) is 26.7 Å². The molecule has 140 valence electrons. The number of carbonyl (C=O) groups excluding carboxylic acids is 1. The van der Waals surface area contributed by atoms with E-state index >= 15 is 0 Å². The number of hydrogen-bond acceptors (Lipinski definition) is 6. The summed E-state index contributed by atoms with van der Waals surface area (Å²) in [5, 5.41) is 7.79. The summed E-state index contributed by atoms with van der Waals surface area (Å²) in [7, 11) is 0. The SMILES string of the molecule is CCOc1ccc(-c2ccc(=O)n(C(C)C(=O)Nc3cc(C)ns3)n2)cc1. The first-order valence-electron chi connectivity index (χ1n) is 8.55. The van der Waals surface area contributed by atoms with Crippen molar-refractivity contribution in [1.29, 1.82) is 0 Å². The number of nitrogens with one attached hydrogen (secondary N) is 1. The first-order chi connectivity index (χ1) is 13.0. The molecule has 0 aliphatic carbocycles. The molecular formula is C19H20N4O3S. The minimum absolute atomic E-state index is 0.322. The second kappa shape index (κ2) is 8.13. The lowest BCUT2D eigenvalue weighted by atomic mass is 10.1. The second-order valence-electron chi connectivity index (χ2n) is 5.96. The lowest BCUT2D eigenvalue weighted by Crippen LogP contribution is -2.33. The lowest BCUT2D eigenvalue weighted by Gasteiger charge is -2.14. The molecule has 0 aliphatic heterocycles. The van der Waals surface area contributed by atoms with Gasteiger partial charge in [-0.1, -0.05) is 0 Å². The number of carbonyl (C=O) groups is 1. The highest BCUT2D eigenvalue weighted by atomic mass is 32.1. The summed E-state index contributed by atoms with van der Waals surface area (Å²) < 4.78 is 10.8. The smallest absolute Gasteiger partial charge is 0.267 e. The van der Waals surface area contributed by atoms with Crippen molar-refractivity contribution in [2.24, 2.45) is 0 Å². The van der Waals surface area contributed by atoms with Crippen LogP contribution in [0.4, 0.5) is 5.00 Å². The molecule has 3 aromatic rings. The maximum atomic E-state index is 12.5. The fraction of sp³-hybridized carbons (Fsp3) is 0.263. The van der Waals surface area contributed by atoms with Gasteiger partial charge in [0.05, 0.1) is 18.0 Å². The maximum absolute atomic E-state index is 12.5. The Bertz CT molecular complexity index is 995. The molecule has 8 heteroatoms. The largest absolute Gasteiger partial charge is 0.494 e. The van der Waals surface area contributed by atoms with E-state index in [9.17, 15) is 9.59 Å². The fourth-order valence-electron chi connectivity index (χ4n) is 2.50. The van der Waals surface area contributed by atoms with Gasteiger partial charge in [-0.25, -0.2) is 4.68 Å². The summed E-state index contributed by atoms with van der Waals surface area (Å²) in [5.74, 6) is 0.444. The molecule has 1 atom stereocenters. The zero-order valence-corrected chi connectivity index (χ0v) is 16.1. The quantitative estimate of drug-likeness (QED) is 0.705. The van der Waals surface area contributed by atoms with Crippen LogP contribution in [0, 0.1) is 6.92 Å². The van der Waals surface area contributed by atoms with Gasteiger partial charge in [-0.2, -0.15) is 9.47 Å². The van der Waals surface area contributed by atoms with Gasteiger partial charge in [0.25, 0.3) is 5.56 Å². The van der Waals surface area contributed by atoms with Gasteiger partial charge in [0.2, 0.25) is 5.91 Å². The molecule has 0 saturated heterocycles.